The number of rotatable bonds is 12. The maximum atomic E-state index is 11.2. The molecule has 0 unspecified atom stereocenters. The van der Waals surface area contributed by atoms with Crippen LogP contribution in [-0.2, 0) is 27.6 Å². The molecule has 0 saturated carbocycles. The van der Waals surface area contributed by atoms with Gasteiger partial charge < -0.3 is 23.1 Å². The Bertz CT molecular complexity index is 379. The van der Waals surface area contributed by atoms with Crippen molar-refractivity contribution < 1.29 is 32.7 Å². The molecule has 0 aliphatic rings. The van der Waals surface area contributed by atoms with Crippen LogP contribution in [0.25, 0.3) is 0 Å². The zero-order chi connectivity index (χ0) is 19.0. The molecule has 0 saturated heterocycles. The molecule has 0 aliphatic carbocycles. The fourth-order valence-corrected chi connectivity index (χ4v) is 4.16. The molecule has 0 atom stereocenters. The van der Waals surface area contributed by atoms with Gasteiger partial charge in [-0.2, -0.15) is 0 Å². The van der Waals surface area contributed by atoms with E-state index in [4.69, 9.17) is 23.1 Å². The van der Waals surface area contributed by atoms with Gasteiger partial charge in [0.25, 0.3) is 0 Å². The van der Waals surface area contributed by atoms with Crippen LogP contribution in [0.5, 0.6) is 0 Å². The predicted octanol–water partition coefficient (Wildman–Crippen LogP) is 2.80. The minimum atomic E-state index is -2.61. The second-order valence-corrected chi connectivity index (χ2v) is 7.28. The predicted molar refractivity (Wildman–Crippen MR) is 93.7 cm³/mol. The van der Waals surface area contributed by atoms with E-state index in [2.05, 4.69) is 13.2 Å². The summed E-state index contributed by atoms with van der Waals surface area (Å²) in [6.07, 6.45) is 1.49. The Morgan fingerprint density at radius 1 is 1.08 bits per heavy atom. The van der Waals surface area contributed by atoms with Gasteiger partial charge in [-0.05, 0) is 34.1 Å². The van der Waals surface area contributed by atoms with E-state index in [0.717, 1.165) is 6.08 Å². The van der Waals surface area contributed by atoms with Gasteiger partial charge in [-0.3, -0.25) is 0 Å². The molecule has 0 radical (unpaired) electrons. The van der Waals surface area contributed by atoms with Crippen LogP contribution in [0.2, 0.25) is 6.04 Å². The highest BCUT2D eigenvalue weighted by atomic mass is 28.4. The Labute approximate surface area is 145 Å². The topological polar surface area (TPSA) is 91.3 Å². The molecule has 0 fully saturated rings. The molecule has 24 heavy (non-hydrogen) atoms. The number of ether oxygens (including phenoxy) is 1. The van der Waals surface area contributed by atoms with Crippen molar-refractivity contribution in [1.29, 1.82) is 0 Å². The third kappa shape index (κ3) is 13.0. The molecule has 0 aromatic carbocycles. The summed E-state index contributed by atoms with van der Waals surface area (Å²) < 4.78 is 22.2. The lowest BCUT2D eigenvalue weighted by atomic mass is 10.4. The van der Waals surface area contributed by atoms with Gasteiger partial charge >= 0.3 is 20.7 Å². The molecular formula is C16H30O7Si. The molecule has 0 bridgehead atoms. The summed E-state index contributed by atoms with van der Waals surface area (Å²) in [6.45, 7) is 15.9. The third-order valence-corrected chi connectivity index (χ3v) is 5.63. The molecule has 1 N–H and O–H groups in total. The van der Waals surface area contributed by atoms with Gasteiger partial charge in [0, 0.05) is 37.5 Å². The largest absolute Gasteiger partial charge is 0.501 e. The summed E-state index contributed by atoms with van der Waals surface area (Å²) in [6, 6.07) is 0.645. The highest BCUT2D eigenvalue weighted by Gasteiger charge is 2.39. The SMILES string of the molecule is C=C(C)C(=O)OCCC[Si](OCC)(OCC)OCC.C=CC(=O)O. The lowest BCUT2D eigenvalue weighted by molar-refractivity contribution is -0.139. The van der Waals surface area contributed by atoms with E-state index in [1.54, 1.807) is 6.92 Å². The Balaban J connectivity index is 0. The highest BCUT2D eigenvalue weighted by Crippen LogP contribution is 2.18. The van der Waals surface area contributed by atoms with Crippen LogP contribution in [0.1, 0.15) is 34.1 Å². The minimum Gasteiger partial charge on any atom is -0.478 e. The van der Waals surface area contributed by atoms with E-state index < -0.39 is 14.8 Å². The van der Waals surface area contributed by atoms with Gasteiger partial charge in [0.1, 0.15) is 0 Å². The summed E-state index contributed by atoms with van der Waals surface area (Å²) in [5.74, 6) is -1.35. The first-order valence-corrected chi connectivity index (χ1v) is 9.81. The van der Waals surface area contributed by atoms with E-state index in [9.17, 15) is 9.59 Å². The van der Waals surface area contributed by atoms with Gasteiger partial charge in [-0.1, -0.05) is 13.2 Å². The molecule has 0 aromatic heterocycles. The van der Waals surface area contributed by atoms with Crippen molar-refractivity contribution in [2.24, 2.45) is 0 Å². The number of carboxylic acids is 1. The first kappa shape index (κ1) is 24.8. The zero-order valence-corrected chi connectivity index (χ0v) is 16.1. The van der Waals surface area contributed by atoms with Crippen molar-refractivity contribution in [3.8, 4) is 0 Å². The first-order valence-electron chi connectivity index (χ1n) is 7.88. The lowest BCUT2D eigenvalue weighted by Gasteiger charge is -2.28. The minimum absolute atomic E-state index is 0.327. The zero-order valence-electron chi connectivity index (χ0n) is 15.1. The smallest absolute Gasteiger partial charge is 0.478 e. The number of carboxylic acid groups (broad SMARTS) is 1. The van der Waals surface area contributed by atoms with Crippen LogP contribution in [0.15, 0.2) is 24.8 Å². The number of aliphatic carboxylic acids is 1. The maximum Gasteiger partial charge on any atom is 0.501 e. The Morgan fingerprint density at radius 2 is 1.50 bits per heavy atom. The lowest BCUT2D eigenvalue weighted by Crippen LogP contribution is -2.46. The van der Waals surface area contributed by atoms with Gasteiger partial charge in [-0.15, -0.1) is 0 Å². The molecule has 0 heterocycles. The summed E-state index contributed by atoms with van der Waals surface area (Å²) >= 11 is 0. The summed E-state index contributed by atoms with van der Waals surface area (Å²) in [5.41, 5.74) is 0.405. The van der Waals surface area contributed by atoms with Crippen LogP contribution in [0.4, 0.5) is 0 Å². The van der Waals surface area contributed by atoms with Gasteiger partial charge in [0.15, 0.2) is 0 Å². The van der Waals surface area contributed by atoms with Crippen LogP contribution in [0.3, 0.4) is 0 Å². The fourth-order valence-electron chi connectivity index (χ4n) is 1.58. The van der Waals surface area contributed by atoms with Gasteiger partial charge in [-0.25, -0.2) is 9.59 Å². The van der Waals surface area contributed by atoms with Crippen molar-refractivity contribution in [2.75, 3.05) is 26.4 Å². The Kier molecular flexibility index (Phi) is 15.5. The molecule has 7 nitrogen and oxygen atoms in total. The molecule has 8 heteroatoms. The van der Waals surface area contributed by atoms with Crippen LogP contribution < -0.4 is 0 Å². The van der Waals surface area contributed by atoms with E-state index >= 15 is 0 Å². The summed E-state index contributed by atoms with van der Waals surface area (Å²) in [5, 5.41) is 7.60. The van der Waals surface area contributed by atoms with Crippen LogP contribution in [-0.4, -0.2) is 52.3 Å². The Hall–Kier alpha value is -1.48. The maximum absolute atomic E-state index is 11.2. The van der Waals surface area contributed by atoms with Crippen molar-refractivity contribution in [3.05, 3.63) is 24.8 Å². The number of carbonyl (C=O) groups excluding carboxylic acids is 1. The summed E-state index contributed by atoms with van der Waals surface area (Å²) in [7, 11) is -2.61. The standard InChI is InChI=1S/C13H26O5Si.C3H4O2/c1-6-16-19(17-7-2,18-8-3)11-9-10-15-13(14)12(4)5;1-2-3(4)5/h4,6-11H2,1-3,5H3;2H,1H2,(H,4,5). The second kappa shape index (κ2) is 15.1. The van der Waals surface area contributed by atoms with Gasteiger partial charge in [0.2, 0.25) is 0 Å². The number of hydrogen-bond donors (Lipinski definition) is 1. The van der Waals surface area contributed by atoms with Crippen LogP contribution in [0, 0.1) is 0 Å². The first-order chi connectivity index (χ1) is 11.3. The van der Waals surface area contributed by atoms with Gasteiger partial charge in [0.05, 0.1) is 6.61 Å². The Morgan fingerprint density at radius 3 is 1.79 bits per heavy atom. The number of carbonyl (C=O) groups is 2. The van der Waals surface area contributed by atoms with Crippen molar-refractivity contribution in [1.82, 2.24) is 0 Å². The van der Waals surface area contributed by atoms with Crippen molar-refractivity contribution in [2.45, 2.75) is 40.2 Å². The monoisotopic (exact) mass is 362 g/mol. The number of hydrogen-bond acceptors (Lipinski definition) is 6. The molecule has 140 valence electrons. The molecule has 0 amide bonds. The highest BCUT2D eigenvalue weighted by molar-refractivity contribution is 6.60. The van der Waals surface area contributed by atoms with Crippen molar-refractivity contribution in [3.63, 3.8) is 0 Å². The fraction of sp³-hybridized carbons (Fsp3) is 0.625. The second-order valence-electron chi connectivity index (χ2n) is 4.54. The molecular weight excluding hydrogens is 332 g/mol. The summed E-state index contributed by atoms with van der Waals surface area (Å²) in [4.78, 5) is 20.5. The molecule has 0 aromatic rings. The number of esters is 1. The molecule has 0 rings (SSSR count). The average Bonchev–Trinajstić information content (AvgIpc) is 2.52. The van der Waals surface area contributed by atoms with Crippen molar-refractivity contribution >= 4 is 20.7 Å². The van der Waals surface area contributed by atoms with Crippen LogP contribution >= 0.6 is 0 Å². The molecule has 0 aliphatic heterocycles. The third-order valence-electron chi connectivity index (χ3n) is 2.48. The average molecular weight is 362 g/mol. The van der Waals surface area contributed by atoms with E-state index in [1.165, 1.54) is 0 Å². The van der Waals surface area contributed by atoms with E-state index in [1.807, 2.05) is 20.8 Å². The van der Waals surface area contributed by atoms with E-state index in [-0.39, 0.29) is 5.97 Å². The quantitative estimate of drug-likeness (QED) is 0.247. The normalized spacial score (nSPS) is 10.3. The molecule has 0 spiro atoms. The van der Waals surface area contributed by atoms with E-state index in [0.29, 0.717) is 44.5 Å².